The van der Waals surface area contributed by atoms with Gasteiger partial charge in [-0.3, -0.25) is 0 Å². The Kier molecular flexibility index (Phi) is 8.37. The zero-order chi connectivity index (χ0) is 39.2. The maximum absolute atomic E-state index is 5.45. The van der Waals surface area contributed by atoms with Crippen molar-refractivity contribution in [3.8, 4) is 67.5 Å². The van der Waals surface area contributed by atoms with Gasteiger partial charge >= 0.3 is 0 Å². The highest BCUT2D eigenvalue weighted by atomic mass is 15.0. The molecule has 0 radical (unpaired) electrons. The van der Waals surface area contributed by atoms with Crippen LogP contribution in [0.5, 0.6) is 0 Å². The van der Waals surface area contributed by atoms with Gasteiger partial charge in [0, 0.05) is 16.7 Å². The average Bonchev–Trinajstić information content (AvgIpc) is 3.63. The van der Waals surface area contributed by atoms with E-state index in [4.69, 9.17) is 15.0 Å². The Bertz CT molecular complexity index is 3090. The summed E-state index contributed by atoms with van der Waals surface area (Å²) in [7, 11) is 0. The van der Waals surface area contributed by atoms with Crippen molar-refractivity contribution in [2.75, 3.05) is 0 Å². The molecule has 0 spiro atoms. The monoisotopic (exact) mass is 751 g/mol. The third-order valence-corrected chi connectivity index (χ3v) is 11.9. The first-order valence-corrected chi connectivity index (χ1v) is 20.1. The van der Waals surface area contributed by atoms with Gasteiger partial charge in [-0.1, -0.05) is 224 Å². The highest BCUT2D eigenvalue weighted by Gasteiger charge is 2.47. The minimum Gasteiger partial charge on any atom is -0.208 e. The quantitative estimate of drug-likeness (QED) is 0.163. The SMILES string of the molecule is c1ccc(-c2ccc(-c3nc(-c4ccccc4-c4cccc5ccccc45)nc(-c4cccc5c4-c4ccccc4C5(c4ccccc4)c4ccccc4)n3)cc2)cc1. The fourth-order valence-corrected chi connectivity index (χ4v) is 9.24. The molecule has 1 aliphatic rings. The second kappa shape index (κ2) is 14.3. The predicted molar refractivity (Wildman–Crippen MR) is 242 cm³/mol. The molecule has 11 rings (SSSR count). The van der Waals surface area contributed by atoms with Gasteiger partial charge in [0.2, 0.25) is 0 Å². The van der Waals surface area contributed by atoms with Gasteiger partial charge in [-0.25, -0.2) is 15.0 Å². The van der Waals surface area contributed by atoms with Crippen molar-refractivity contribution in [1.82, 2.24) is 15.0 Å². The van der Waals surface area contributed by atoms with Crippen LogP contribution in [0, 0.1) is 0 Å². The van der Waals surface area contributed by atoms with Gasteiger partial charge in [-0.2, -0.15) is 0 Å². The van der Waals surface area contributed by atoms with Crippen LogP contribution in [0.3, 0.4) is 0 Å². The zero-order valence-corrected chi connectivity index (χ0v) is 32.2. The Morgan fingerprint density at radius 1 is 0.271 bits per heavy atom. The standard InChI is InChI=1S/C56H37N3/c1-4-18-38(19-5-1)39-34-36-41(37-35-39)53-57-54(47-28-13-12-27-46(47)45-30-16-21-40-20-10-11-26-44(40)45)59-55(58-53)49-31-17-33-51-52(49)48-29-14-15-32-50(48)56(51,42-22-6-2-7-23-42)43-24-8-3-9-25-43/h1-37H. The highest BCUT2D eigenvalue weighted by Crippen LogP contribution is 2.58. The molecule has 1 aliphatic carbocycles. The highest BCUT2D eigenvalue weighted by molar-refractivity contribution is 6.00. The van der Waals surface area contributed by atoms with Crippen molar-refractivity contribution in [2.24, 2.45) is 0 Å². The van der Waals surface area contributed by atoms with Crippen LogP contribution in [-0.2, 0) is 5.41 Å². The fraction of sp³-hybridized carbons (Fsp3) is 0.0179. The van der Waals surface area contributed by atoms with E-state index in [2.05, 4.69) is 218 Å². The Labute approximate surface area is 344 Å². The molecular formula is C56H37N3. The molecule has 1 heterocycles. The Hall–Kier alpha value is -7.75. The number of hydrogen-bond donors (Lipinski definition) is 0. The number of fused-ring (bicyclic) bond motifs is 4. The Morgan fingerprint density at radius 3 is 1.46 bits per heavy atom. The molecule has 0 aliphatic heterocycles. The molecule has 0 N–H and O–H groups in total. The number of aromatic nitrogens is 3. The van der Waals surface area contributed by atoms with E-state index in [1.54, 1.807) is 0 Å². The summed E-state index contributed by atoms with van der Waals surface area (Å²) >= 11 is 0. The maximum atomic E-state index is 5.45. The minimum atomic E-state index is -0.544. The van der Waals surface area contributed by atoms with Gasteiger partial charge in [-0.15, -0.1) is 0 Å². The van der Waals surface area contributed by atoms with E-state index in [0.29, 0.717) is 17.5 Å². The molecule has 0 bridgehead atoms. The third kappa shape index (κ3) is 5.70. The van der Waals surface area contributed by atoms with Crippen molar-refractivity contribution < 1.29 is 0 Å². The van der Waals surface area contributed by atoms with E-state index in [1.807, 2.05) is 6.07 Å². The first kappa shape index (κ1) is 34.5. The molecule has 10 aromatic rings. The molecule has 1 aromatic heterocycles. The molecule has 0 atom stereocenters. The molecule has 0 saturated carbocycles. The number of benzene rings is 9. The summed E-state index contributed by atoms with van der Waals surface area (Å²) in [5.74, 6) is 1.88. The summed E-state index contributed by atoms with van der Waals surface area (Å²) in [5.41, 5.74) is 14.0. The van der Waals surface area contributed by atoms with Crippen LogP contribution in [0.2, 0.25) is 0 Å². The van der Waals surface area contributed by atoms with Gasteiger partial charge in [0.25, 0.3) is 0 Å². The van der Waals surface area contributed by atoms with Crippen molar-refractivity contribution in [3.63, 3.8) is 0 Å². The number of nitrogens with zero attached hydrogens (tertiary/aromatic N) is 3. The van der Waals surface area contributed by atoms with Crippen LogP contribution < -0.4 is 0 Å². The molecule has 59 heavy (non-hydrogen) atoms. The number of hydrogen-bond acceptors (Lipinski definition) is 3. The van der Waals surface area contributed by atoms with E-state index < -0.39 is 5.41 Å². The Balaban J connectivity index is 1.17. The fourth-order valence-electron chi connectivity index (χ4n) is 9.24. The zero-order valence-electron chi connectivity index (χ0n) is 32.2. The van der Waals surface area contributed by atoms with Gasteiger partial charge in [0.05, 0.1) is 5.41 Å². The lowest BCUT2D eigenvalue weighted by atomic mass is 9.67. The van der Waals surface area contributed by atoms with Crippen molar-refractivity contribution in [1.29, 1.82) is 0 Å². The van der Waals surface area contributed by atoms with Crippen LogP contribution >= 0.6 is 0 Å². The minimum absolute atomic E-state index is 0.544. The van der Waals surface area contributed by atoms with E-state index in [9.17, 15) is 0 Å². The lowest BCUT2D eigenvalue weighted by Gasteiger charge is -2.33. The maximum Gasteiger partial charge on any atom is 0.164 e. The van der Waals surface area contributed by atoms with E-state index >= 15 is 0 Å². The van der Waals surface area contributed by atoms with Crippen LogP contribution in [0.4, 0.5) is 0 Å². The van der Waals surface area contributed by atoms with Gasteiger partial charge < -0.3 is 0 Å². The lowest BCUT2D eigenvalue weighted by Crippen LogP contribution is -2.28. The van der Waals surface area contributed by atoms with Crippen molar-refractivity contribution >= 4 is 10.8 Å². The summed E-state index contributed by atoms with van der Waals surface area (Å²) in [6, 6.07) is 79.8. The first-order valence-electron chi connectivity index (χ1n) is 20.1. The van der Waals surface area contributed by atoms with Crippen molar-refractivity contribution in [2.45, 2.75) is 5.41 Å². The number of rotatable bonds is 7. The molecule has 0 amide bonds. The topological polar surface area (TPSA) is 38.7 Å². The second-order valence-corrected chi connectivity index (χ2v) is 15.1. The first-order chi connectivity index (χ1) is 29.3. The molecular weight excluding hydrogens is 715 g/mol. The third-order valence-electron chi connectivity index (χ3n) is 11.9. The van der Waals surface area contributed by atoms with Crippen LogP contribution in [0.1, 0.15) is 22.3 Å². The second-order valence-electron chi connectivity index (χ2n) is 15.1. The summed E-state index contributed by atoms with van der Waals surface area (Å²) < 4.78 is 0. The lowest BCUT2D eigenvalue weighted by molar-refractivity contribution is 0.768. The molecule has 3 nitrogen and oxygen atoms in total. The van der Waals surface area contributed by atoms with Gasteiger partial charge in [0.15, 0.2) is 17.5 Å². The summed E-state index contributed by atoms with van der Waals surface area (Å²) in [6.45, 7) is 0. The smallest absolute Gasteiger partial charge is 0.164 e. The van der Waals surface area contributed by atoms with Crippen LogP contribution in [0.25, 0.3) is 78.3 Å². The molecule has 9 aromatic carbocycles. The molecule has 0 saturated heterocycles. The van der Waals surface area contributed by atoms with E-state index in [1.165, 1.54) is 44.2 Å². The summed E-state index contributed by atoms with van der Waals surface area (Å²) in [6.07, 6.45) is 0. The normalized spacial score (nSPS) is 12.5. The van der Waals surface area contributed by atoms with Gasteiger partial charge in [-0.05, 0) is 66.4 Å². The predicted octanol–water partition coefficient (Wildman–Crippen LogP) is 13.7. The van der Waals surface area contributed by atoms with E-state index in [-0.39, 0.29) is 0 Å². The average molecular weight is 752 g/mol. The molecule has 0 fully saturated rings. The molecule has 0 unspecified atom stereocenters. The van der Waals surface area contributed by atoms with Gasteiger partial charge in [0.1, 0.15) is 0 Å². The van der Waals surface area contributed by atoms with E-state index in [0.717, 1.165) is 38.9 Å². The van der Waals surface area contributed by atoms with Crippen LogP contribution in [-0.4, -0.2) is 15.0 Å². The largest absolute Gasteiger partial charge is 0.208 e. The Morgan fingerprint density at radius 2 is 0.729 bits per heavy atom. The summed E-state index contributed by atoms with van der Waals surface area (Å²) in [4.78, 5) is 16.1. The van der Waals surface area contributed by atoms with Crippen LogP contribution in [0.15, 0.2) is 224 Å². The molecule has 276 valence electrons. The summed E-state index contributed by atoms with van der Waals surface area (Å²) in [5, 5.41) is 2.37. The van der Waals surface area contributed by atoms with Crippen molar-refractivity contribution in [3.05, 3.63) is 247 Å². The molecule has 3 heteroatoms.